The molecule has 2 aromatic rings. The Bertz CT molecular complexity index is 1190. The number of methoxy groups -OCH3 is 1. The Morgan fingerprint density at radius 2 is 1.88 bits per heavy atom. The van der Waals surface area contributed by atoms with Gasteiger partial charge in [0.15, 0.2) is 0 Å². The fourth-order valence-corrected chi connectivity index (χ4v) is 4.41. The number of nitrogens with one attached hydrogen (secondary N) is 1. The third kappa shape index (κ3) is 4.03. The highest BCUT2D eigenvalue weighted by molar-refractivity contribution is 6.54. The lowest BCUT2D eigenvalue weighted by atomic mass is 9.99. The summed E-state index contributed by atoms with van der Waals surface area (Å²) >= 11 is 0. The van der Waals surface area contributed by atoms with Crippen LogP contribution in [0, 0.1) is 0 Å². The largest absolute Gasteiger partial charge is 0.494 e. The van der Waals surface area contributed by atoms with Crippen LogP contribution in [-0.2, 0) is 16.0 Å². The summed E-state index contributed by atoms with van der Waals surface area (Å²) in [5.41, 5.74) is 3.71. The quantitative estimate of drug-likeness (QED) is 0.287. The number of carbonyl (C=O) groups excluding carboxylic acids is 4. The summed E-state index contributed by atoms with van der Waals surface area (Å²) in [5, 5.41) is 0. The van der Waals surface area contributed by atoms with Crippen molar-refractivity contribution >= 4 is 29.1 Å². The van der Waals surface area contributed by atoms with Crippen molar-refractivity contribution in [2.24, 2.45) is 5.84 Å². The summed E-state index contributed by atoms with van der Waals surface area (Å²) in [7, 11) is 1.42. The number of aromatic nitrogens is 1. The first kappa shape index (κ1) is 23.1. The van der Waals surface area contributed by atoms with Crippen LogP contribution in [0.5, 0.6) is 5.75 Å². The second kappa shape index (κ2) is 9.44. The molecular formula is C24H25N5O5. The van der Waals surface area contributed by atoms with Crippen LogP contribution < -0.4 is 16.0 Å². The number of hydrogen-bond donors (Lipinski definition) is 2. The van der Waals surface area contributed by atoms with E-state index in [4.69, 9.17) is 10.6 Å². The predicted octanol–water partition coefficient (Wildman–Crippen LogP) is 0.575. The Labute approximate surface area is 196 Å². The Morgan fingerprint density at radius 3 is 2.53 bits per heavy atom. The molecule has 2 aliphatic rings. The lowest BCUT2D eigenvalue weighted by molar-refractivity contribution is -0.143. The number of pyridine rings is 1. The van der Waals surface area contributed by atoms with Gasteiger partial charge in [0.2, 0.25) is 0 Å². The van der Waals surface area contributed by atoms with Gasteiger partial charge in [0, 0.05) is 42.4 Å². The number of nitrogens with zero attached hydrogens (tertiary/aromatic N) is 3. The summed E-state index contributed by atoms with van der Waals surface area (Å²) in [6, 6.07) is 8.69. The molecule has 1 atom stereocenters. The topological polar surface area (TPSA) is 135 Å². The van der Waals surface area contributed by atoms with E-state index >= 15 is 0 Å². The van der Waals surface area contributed by atoms with Crippen molar-refractivity contribution < 1.29 is 23.9 Å². The normalized spacial score (nSPS) is 17.0. The van der Waals surface area contributed by atoms with Gasteiger partial charge in [0.05, 0.1) is 13.3 Å². The summed E-state index contributed by atoms with van der Waals surface area (Å²) in [5.74, 6) is 3.47. The molecule has 1 aliphatic carbocycles. The molecule has 1 aliphatic heterocycles. The number of benzene rings is 1. The van der Waals surface area contributed by atoms with Crippen LogP contribution >= 0.6 is 0 Å². The number of rotatable bonds is 5. The number of ether oxygens (including phenoxy) is 1. The Balaban J connectivity index is 1.51. The second-order valence-corrected chi connectivity index (χ2v) is 8.12. The molecule has 1 fully saturated rings. The van der Waals surface area contributed by atoms with Gasteiger partial charge in [-0.3, -0.25) is 24.6 Å². The molecule has 10 heteroatoms. The number of Topliss-reactive ketones (excluding diaryl/α,β-unsaturated/α-hetero) is 1. The lowest BCUT2D eigenvalue weighted by Crippen LogP contribution is -2.56. The predicted molar refractivity (Wildman–Crippen MR) is 123 cm³/mol. The van der Waals surface area contributed by atoms with Crippen molar-refractivity contribution in [3.05, 3.63) is 65.0 Å². The van der Waals surface area contributed by atoms with Gasteiger partial charge in [-0.15, -0.1) is 0 Å². The SMILES string of the molecule is COc1cnc(C(=O)NN)c2c1C(C(=O)C(=O)N1CCN(C(=O)c3ccccc3)[C@H](C)C1)=CC2. The zero-order chi connectivity index (χ0) is 24.4. The minimum atomic E-state index is -0.697. The smallest absolute Gasteiger partial charge is 0.295 e. The standard InChI is InChI=1S/C24H25N5O5/c1-14-13-28(10-11-29(14)23(32)15-6-4-3-5-7-15)24(33)21(30)17-9-8-16-19(17)18(34-2)12-26-20(16)22(31)27-25/h3-7,9,12,14H,8,10-11,13,25H2,1-2H3,(H,27,31)/t14-/m1/s1. The molecule has 0 unspecified atom stereocenters. The molecule has 176 valence electrons. The zero-order valence-corrected chi connectivity index (χ0v) is 18.9. The van der Waals surface area contributed by atoms with Crippen molar-refractivity contribution in [2.75, 3.05) is 26.7 Å². The fourth-order valence-electron chi connectivity index (χ4n) is 4.41. The number of nitrogen functional groups attached to an aromatic ring is 1. The minimum Gasteiger partial charge on any atom is -0.494 e. The lowest BCUT2D eigenvalue weighted by Gasteiger charge is -2.39. The van der Waals surface area contributed by atoms with Crippen molar-refractivity contribution in [1.29, 1.82) is 0 Å². The molecule has 10 nitrogen and oxygen atoms in total. The van der Waals surface area contributed by atoms with Crippen LogP contribution in [0.3, 0.4) is 0 Å². The molecule has 3 N–H and O–H groups in total. The number of allylic oxidation sites excluding steroid dienone is 1. The molecule has 1 aromatic carbocycles. The van der Waals surface area contributed by atoms with Gasteiger partial charge < -0.3 is 14.5 Å². The van der Waals surface area contributed by atoms with E-state index in [-0.39, 0.29) is 42.7 Å². The number of hydrazine groups is 1. The maximum Gasteiger partial charge on any atom is 0.295 e. The van der Waals surface area contributed by atoms with E-state index in [1.165, 1.54) is 18.2 Å². The molecular weight excluding hydrogens is 438 g/mol. The zero-order valence-electron chi connectivity index (χ0n) is 18.9. The van der Waals surface area contributed by atoms with E-state index in [9.17, 15) is 19.2 Å². The maximum atomic E-state index is 13.2. The Hall–Kier alpha value is -4.05. The summed E-state index contributed by atoms with van der Waals surface area (Å²) < 4.78 is 5.34. The first-order chi connectivity index (χ1) is 16.4. The van der Waals surface area contributed by atoms with Crippen LogP contribution in [0.4, 0.5) is 0 Å². The van der Waals surface area contributed by atoms with Gasteiger partial charge in [-0.05, 0) is 31.0 Å². The van der Waals surface area contributed by atoms with Crippen LogP contribution in [-0.4, -0.2) is 71.1 Å². The molecule has 0 bridgehead atoms. The van der Waals surface area contributed by atoms with Crippen LogP contribution in [0.25, 0.3) is 5.57 Å². The molecule has 0 spiro atoms. The number of fused-ring (bicyclic) bond motifs is 1. The van der Waals surface area contributed by atoms with Crippen LogP contribution in [0.1, 0.15) is 38.9 Å². The highest BCUT2D eigenvalue weighted by atomic mass is 16.5. The molecule has 0 saturated carbocycles. The van der Waals surface area contributed by atoms with Gasteiger partial charge in [0.25, 0.3) is 23.5 Å². The number of amides is 3. The Morgan fingerprint density at radius 1 is 1.15 bits per heavy atom. The van der Waals surface area contributed by atoms with Crippen molar-refractivity contribution in [3.63, 3.8) is 0 Å². The molecule has 34 heavy (non-hydrogen) atoms. The Kier molecular flexibility index (Phi) is 6.42. The molecule has 2 heterocycles. The monoisotopic (exact) mass is 463 g/mol. The number of hydrogen-bond acceptors (Lipinski definition) is 7. The van der Waals surface area contributed by atoms with E-state index in [1.54, 1.807) is 35.2 Å². The molecule has 1 saturated heterocycles. The van der Waals surface area contributed by atoms with Crippen LogP contribution in [0.2, 0.25) is 0 Å². The first-order valence-electron chi connectivity index (χ1n) is 10.8. The third-order valence-electron chi connectivity index (χ3n) is 6.13. The van der Waals surface area contributed by atoms with Gasteiger partial charge in [-0.2, -0.15) is 0 Å². The van der Waals surface area contributed by atoms with Crippen LogP contribution in [0.15, 0.2) is 42.6 Å². The summed E-state index contributed by atoms with van der Waals surface area (Å²) in [6.07, 6.45) is 3.17. The number of ketones is 1. The first-order valence-corrected chi connectivity index (χ1v) is 10.8. The fraction of sp³-hybridized carbons (Fsp3) is 0.292. The average molecular weight is 463 g/mol. The molecule has 0 radical (unpaired) electrons. The van der Waals surface area contributed by atoms with E-state index in [0.717, 1.165) is 0 Å². The highest BCUT2D eigenvalue weighted by Crippen LogP contribution is 2.37. The van der Waals surface area contributed by atoms with E-state index < -0.39 is 17.6 Å². The summed E-state index contributed by atoms with van der Waals surface area (Å²) in [6.45, 7) is 2.64. The van der Waals surface area contributed by atoms with Gasteiger partial charge in [-0.25, -0.2) is 10.8 Å². The maximum absolute atomic E-state index is 13.2. The van der Waals surface area contributed by atoms with E-state index in [0.29, 0.717) is 29.0 Å². The highest BCUT2D eigenvalue weighted by Gasteiger charge is 2.37. The third-order valence-corrected chi connectivity index (χ3v) is 6.13. The second-order valence-electron chi connectivity index (χ2n) is 8.12. The number of piperazine rings is 1. The van der Waals surface area contributed by atoms with Gasteiger partial charge >= 0.3 is 0 Å². The molecule has 1 aromatic heterocycles. The van der Waals surface area contributed by atoms with E-state index in [2.05, 4.69) is 4.98 Å². The molecule has 3 amide bonds. The number of carbonyl (C=O) groups is 4. The average Bonchev–Trinajstić information content (AvgIpc) is 3.32. The van der Waals surface area contributed by atoms with Crippen molar-refractivity contribution in [1.82, 2.24) is 20.2 Å². The summed E-state index contributed by atoms with van der Waals surface area (Å²) in [4.78, 5) is 58.6. The van der Waals surface area contributed by atoms with Crippen molar-refractivity contribution in [3.8, 4) is 5.75 Å². The van der Waals surface area contributed by atoms with E-state index in [1.807, 2.05) is 18.4 Å². The minimum absolute atomic E-state index is 0.0754. The number of nitrogens with two attached hydrogens (primary N) is 1. The van der Waals surface area contributed by atoms with Gasteiger partial charge in [0.1, 0.15) is 11.4 Å². The van der Waals surface area contributed by atoms with Gasteiger partial charge in [-0.1, -0.05) is 24.3 Å². The van der Waals surface area contributed by atoms with Crippen molar-refractivity contribution in [2.45, 2.75) is 19.4 Å². The molecule has 4 rings (SSSR count).